The molecule has 0 radical (unpaired) electrons. The van der Waals surface area contributed by atoms with Crippen LogP contribution in [-0.4, -0.2) is 45.6 Å². The van der Waals surface area contributed by atoms with E-state index in [1.54, 1.807) is 12.1 Å². The molecule has 4 amide bonds. The van der Waals surface area contributed by atoms with E-state index in [4.69, 9.17) is 5.73 Å². The second-order valence-corrected chi connectivity index (χ2v) is 9.03. The average molecular weight is 396 g/mol. The smallest absolute Gasteiger partial charge is 0.262 e. The Kier molecular flexibility index (Phi) is 3.95. The summed E-state index contributed by atoms with van der Waals surface area (Å²) in [5.41, 5.74) is 7.95. The molecule has 3 aliphatic carbocycles. The molecule has 0 spiro atoms. The molecule has 8 nitrogen and oxygen atoms in total. The summed E-state index contributed by atoms with van der Waals surface area (Å²) in [7, 11) is 0. The van der Waals surface area contributed by atoms with E-state index in [0.29, 0.717) is 17.7 Å². The Balaban J connectivity index is 1.32. The number of nitrogens with zero attached hydrogens (tertiary/aromatic N) is 1. The zero-order chi connectivity index (χ0) is 20.4. The predicted molar refractivity (Wildman–Crippen MR) is 103 cm³/mol. The van der Waals surface area contributed by atoms with Gasteiger partial charge in [0.2, 0.25) is 11.8 Å². The Morgan fingerprint density at radius 1 is 1.10 bits per heavy atom. The molecule has 29 heavy (non-hydrogen) atoms. The van der Waals surface area contributed by atoms with Gasteiger partial charge >= 0.3 is 0 Å². The summed E-state index contributed by atoms with van der Waals surface area (Å²) in [6, 6.07) is 4.31. The second-order valence-electron chi connectivity index (χ2n) is 9.03. The van der Waals surface area contributed by atoms with Gasteiger partial charge in [-0.3, -0.25) is 29.4 Å². The van der Waals surface area contributed by atoms with Crippen LogP contribution in [0.15, 0.2) is 18.2 Å². The number of benzene rings is 1. The Morgan fingerprint density at radius 2 is 1.86 bits per heavy atom. The van der Waals surface area contributed by atoms with E-state index >= 15 is 0 Å². The van der Waals surface area contributed by atoms with Gasteiger partial charge in [0.25, 0.3) is 11.8 Å². The van der Waals surface area contributed by atoms with E-state index in [9.17, 15) is 19.2 Å². The molecule has 8 heteroatoms. The van der Waals surface area contributed by atoms with Crippen molar-refractivity contribution in [3.05, 3.63) is 34.9 Å². The first-order valence-electron chi connectivity index (χ1n) is 10.2. The Hall–Kier alpha value is -2.58. The fraction of sp³-hybridized carbons (Fsp3) is 0.524. The monoisotopic (exact) mass is 396 g/mol. The lowest BCUT2D eigenvalue weighted by molar-refractivity contribution is -0.136. The third-order valence-electron chi connectivity index (χ3n) is 6.88. The van der Waals surface area contributed by atoms with Crippen molar-refractivity contribution in [3.63, 3.8) is 0 Å². The standard InChI is InChI=1S/C21H24N4O4/c22-20-6-1-7-21(10-20,11-20)23-9-12-2-3-13-14(8-12)19(29)25(18(13)28)15-4-5-16(26)24-17(15)27/h2-3,8,15,23H,1,4-7,9-11,22H2,(H,24,26,27). The average Bonchev–Trinajstić information content (AvgIpc) is 2.90. The van der Waals surface area contributed by atoms with Crippen LogP contribution in [0.2, 0.25) is 0 Å². The van der Waals surface area contributed by atoms with Gasteiger partial charge in [-0.15, -0.1) is 0 Å². The number of fused-ring (bicyclic) bond motifs is 3. The molecule has 0 aromatic heterocycles. The summed E-state index contributed by atoms with van der Waals surface area (Å²) in [6.45, 7) is 0.600. The van der Waals surface area contributed by atoms with Crippen molar-refractivity contribution in [2.24, 2.45) is 5.73 Å². The summed E-state index contributed by atoms with van der Waals surface area (Å²) in [6.07, 6.45) is 5.55. The maximum atomic E-state index is 12.9. The summed E-state index contributed by atoms with van der Waals surface area (Å²) in [4.78, 5) is 50.2. The molecule has 2 bridgehead atoms. The van der Waals surface area contributed by atoms with Crippen molar-refractivity contribution in [2.75, 3.05) is 0 Å². The predicted octanol–water partition coefficient (Wildman–Crippen LogP) is 0.591. The quantitative estimate of drug-likeness (QED) is 0.641. The molecule has 5 aliphatic rings. The zero-order valence-electron chi connectivity index (χ0n) is 16.1. The molecule has 152 valence electrons. The number of imide groups is 2. The van der Waals surface area contributed by atoms with Crippen molar-refractivity contribution < 1.29 is 19.2 Å². The molecule has 1 saturated heterocycles. The van der Waals surface area contributed by atoms with Crippen molar-refractivity contribution in [1.29, 1.82) is 0 Å². The molecule has 1 aromatic rings. The lowest BCUT2D eigenvalue weighted by atomic mass is 9.55. The maximum Gasteiger partial charge on any atom is 0.262 e. The van der Waals surface area contributed by atoms with Crippen LogP contribution in [0.4, 0.5) is 0 Å². The first-order valence-corrected chi connectivity index (χ1v) is 10.2. The fourth-order valence-corrected chi connectivity index (χ4v) is 5.56. The van der Waals surface area contributed by atoms with Gasteiger partial charge in [-0.05, 0) is 56.2 Å². The van der Waals surface area contributed by atoms with Gasteiger partial charge in [0, 0.05) is 24.0 Å². The van der Waals surface area contributed by atoms with Gasteiger partial charge in [-0.25, -0.2) is 0 Å². The first kappa shape index (κ1) is 18.4. The second kappa shape index (κ2) is 6.21. The van der Waals surface area contributed by atoms with E-state index in [1.165, 1.54) is 0 Å². The lowest BCUT2D eigenvalue weighted by Gasteiger charge is -2.59. The normalized spacial score (nSPS) is 33.4. The van der Waals surface area contributed by atoms with Crippen molar-refractivity contribution >= 4 is 23.6 Å². The molecule has 3 saturated carbocycles. The third kappa shape index (κ3) is 2.89. The van der Waals surface area contributed by atoms with Crippen LogP contribution < -0.4 is 16.4 Å². The summed E-state index contributed by atoms with van der Waals surface area (Å²) < 4.78 is 0. The summed E-state index contributed by atoms with van der Waals surface area (Å²) in [5, 5.41) is 5.83. The van der Waals surface area contributed by atoms with Crippen LogP contribution in [0.5, 0.6) is 0 Å². The molecule has 1 atom stereocenters. The number of nitrogens with two attached hydrogens (primary N) is 1. The van der Waals surface area contributed by atoms with Crippen LogP contribution in [0, 0.1) is 0 Å². The van der Waals surface area contributed by atoms with E-state index in [0.717, 1.165) is 42.6 Å². The molecular weight excluding hydrogens is 372 g/mol. The highest BCUT2D eigenvalue weighted by molar-refractivity contribution is 6.23. The Labute approximate surface area is 168 Å². The molecule has 1 aromatic carbocycles. The van der Waals surface area contributed by atoms with Crippen molar-refractivity contribution in [2.45, 2.75) is 68.6 Å². The highest BCUT2D eigenvalue weighted by atomic mass is 16.2. The Morgan fingerprint density at radius 3 is 2.59 bits per heavy atom. The minimum atomic E-state index is -0.935. The van der Waals surface area contributed by atoms with Gasteiger partial charge in [0.05, 0.1) is 11.1 Å². The number of piperidine rings is 1. The summed E-state index contributed by atoms with van der Waals surface area (Å²) >= 11 is 0. The van der Waals surface area contributed by atoms with Gasteiger partial charge in [0.15, 0.2) is 0 Å². The van der Waals surface area contributed by atoms with E-state index in [2.05, 4.69) is 10.6 Å². The molecular formula is C21H24N4O4. The minimum absolute atomic E-state index is 0.0198. The molecule has 4 fully saturated rings. The molecule has 1 unspecified atom stereocenters. The molecule has 4 N–H and O–H groups in total. The topological polar surface area (TPSA) is 122 Å². The van der Waals surface area contributed by atoms with E-state index < -0.39 is 23.8 Å². The van der Waals surface area contributed by atoms with Crippen LogP contribution in [0.3, 0.4) is 0 Å². The number of carbonyl (C=O) groups excluding carboxylic acids is 4. The van der Waals surface area contributed by atoms with Crippen molar-refractivity contribution in [3.8, 4) is 0 Å². The van der Waals surface area contributed by atoms with Gasteiger partial charge in [-0.1, -0.05) is 6.07 Å². The first-order chi connectivity index (χ1) is 13.8. The SMILES string of the molecule is NC12CCCC(NCc3ccc4c(c3)C(=O)N(C3CCC(=O)NC3=O)C4=O)(C1)C2. The minimum Gasteiger partial charge on any atom is -0.325 e. The largest absolute Gasteiger partial charge is 0.325 e. The molecule has 2 aliphatic heterocycles. The van der Waals surface area contributed by atoms with E-state index in [-0.39, 0.29) is 29.8 Å². The number of rotatable bonds is 4. The number of carbonyl (C=O) groups is 4. The highest BCUT2D eigenvalue weighted by Gasteiger charge is 2.54. The number of hydrogen-bond donors (Lipinski definition) is 3. The number of nitrogens with one attached hydrogen (secondary N) is 2. The molecule has 6 rings (SSSR count). The number of hydrogen-bond acceptors (Lipinski definition) is 6. The number of amides is 4. The van der Waals surface area contributed by atoms with Gasteiger partial charge in [0.1, 0.15) is 6.04 Å². The summed E-state index contributed by atoms with van der Waals surface area (Å²) in [5.74, 6) is -1.92. The van der Waals surface area contributed by atoms with Crippen LogP contribution in [0.1, 0.15) is 71.2 Å². The zero-order valence-corrected chi connectivity index (χ0v) is 16.1. The fourth-order valence-electron chi connectivity index (χ4n) is 5.56. The maximum absolute atomic E-state index is 12.9. The van der Waals surface area contributed by atoms with Gasteiger partial charge in [-0.2, -0.15) is 0 Å². The highest BCUT2D eigenvalue weighted by Crippen LogP contribution is 2.50. The third-order valence-corrected chi connectivity index (χ3v) is 6.88. The van der Waals surface area contributed by atoms with Crippen LogP contribution in [0.25, 0.3) is 0 Å². The Bertz CT molecular complexity index is 950. The van der Waals surface area contributed by atoms with Gasteiger partial charge < -0.3 is 11.1 Å². The van der Waals surface area contributed by atoms with Crippen LogP contribution in [-0.2, 0) is 16.1 Å². The van der Waals surface area contributed by atoms with Crippen molar-refractivity contribution in [1.82, 2.24) is 15.5 Å². The van der Waals surface area contributed by atoms with Crippen LogP contribution >= 0.6 is 0 Å². The van der Waals surface area contributed by atoms with E-state index in [1.807, 2.05) is 6.07 Å². The molecule has 2 heterocycles. The lowest BCUT2D eigenvalue weighted by Crippen LogP contribution is -2.70.